The van der Waals surface area contributed by atoms with E-state index in [2.05, 4.69) is 5.32 Å². The molecule has 0 aromatic heterocycles. The second-order valence-corrected chi connectivity index (χ2v) is 7.88. The molecule has 1 heterocycles. The van der Waals surface area contributed by atoms with E-state index < -0.39 is 10.0 Å². The fourth-order valence-electron chi connectivity index (χ4n) is 2.80. The number of hydrogen-bond acceptors (Lipinski definition) is 4. The molecule has 1 fully saturated rings. The number of hydrogen-bond donors (Lipinski definition) is 1. The van der Waals surface area contributed by atoms with E-state index in [0.717, 1.165) is 11.3 Å². The van der Waals surface area contributed by atoms with Crippen LogP contribution in [-0.2, 0) is 21.2 Å². The number of rotatable bonds is 5. The number of benzene rings is 2. The first-order valence-electron chi connectivity index (χ1n) is 8.01. The zero-order valence-electron chi connectivity index (χ0n) is 13.9. The van der Waals surface area contributed by atoms with Gasteiger partial charge in [0.25, 0.3) is 0 Å². The van der Waals surface area contributed by atoms with Crippen LogP contribution in [-0.4, -0.2) is 33.7 Å². The number of ether oxygens (including phenoxy) is 1. The lowest BCUT2D eigenvalue weighted by Gasteiger charge is -2.17. The van der Waals surface area contributed by atoms with Gasteiger partial charge in [-0.1, -0.05) is 18.2 Å². The highest BCUT2D eigenvalue weighted by Crippen LogP contribution is 2.26. The molecule has 25 heavy (non-hydrogen) atoms. The smallest absolute Gasteiger partial charge is 0.235 e. The van der Waals surface area contributed by atoms with Crippen molar-refractivity contribution in [1.29, 1.82) is 0 Å². The Labute approximate surface area is 147 Å². The molecule has 1 saturated heterocycles. The van der Waals surface area contributed by atoms with Gasteiger partial charge in [-0.05, 0) is 42.3 Å². The molecule has 0 atom stereocenters. The van der Waals surface area contributed by atoms with Gasteiger partial charge >= 0.3 is 0 Å². The Morgan fingerprint density at radius 1 is 1.20 bits per heavy atom. The standard InChI is InChI=1S/C18H20N2O4S/c1-24-17-8-6-14(7-9-17)12-18(21)19-15-4-2-5-16(13-15)20-10-3-11-25(20,22)23/h2,4-9,13H,3,10-12H2,1H3,(H,19,21). The Kier molecular flexibility index (Phi) is 4.94. The van der Waals surface area contributed by atoms with Crippen LogP contribution >= 0.6 is 0 Å². The fourth-order valence-corrected chi connectivity index (χ4v) is 4.36. The van der Waals surface area contributed by atoms with Crippen LogP contribution in [0.1, 0.15) is 12.0 Å². The van der Waals surface area contributed by atoms with Gasteiger partial charge in [0, 0.05) is 12.2 Å². The Morgan fingerprint density at radius 3 is 2.60 bits per heavy atom. The molecule has 132 valence electrons. The quantitative estimate of drug-likeness (QED) is 0.888. The van der Waals surface area contributed by atoms with E-state index in [0.29, 0.717) is 24.3 Å². The predicted octanol–water partition coefficient (Wildman–Crippen LogP) is 2.42. The number of carbonyl (C=O) groups excluding carboxylic acids is 1. The molecule has 0 aliphatic carbocycles. The van der Waals surface area contributed by atoms with Crippen molar-refractivity contribution < 1.29 is 17.9 Å². The predicted molar refractivity (Wildman–Crippen MR) is 97.5 cm³/mol. The van der Waals surface area contributed by atoms with Crippen molar-refractivity contribution in [3.8, 4) is 5.75 Å². The van der Waals surface area contributed by atoms with E-state index in [1.54, 1.807) is 31.4 Å². The zero-order chi connectivity index (χ0) is 17.9. The third-order valence-corrected chi connectivity index (χ3v) is 5.91. The van der Waals surface area contributed by atoms with E-state index in [4.69, 9.17) is 4.74 Å². The van der Waals surface area contributed by atoms with Crippen molar-refractivity contribution in [2.45, 2.75) is 12.8 Å². The topological polar surface area (TPSA) is 75.7 Å². The van der Waals surface area contributed by atoms with E-state index in [1.165, 1.54) is 4.31 Å². The van der Waals surface area contributed by atoms with Crippen molar-refractivity contribution in [1.82, 2.24) is 0 Å². The summed E-state index contributed by atoms with van der Waals surface area (Å²) < 4.78 is 30.5. The SMILES string of the molecule is COc1ccc(CC(=O)Nc2cccc(N3CCCS3(=O)=O)c2)cc1. The Bertz CT molecular complexity index is 863. The molecule has 0 spiro atoms. The highest BCUT2D eigenvalue weighted by atomic mass is 32.2. The molecule has 7 heteroatoms. The summed E-state index contributed by atoms with van der Waals surface area (Å²) >= 11 is 0. The van der Waals surface area contributed by atoms with Crippen LogP contribution in [0.5, 0.6) is 5.75 Å². The lowest BCUT2D eigenvalue weighted by molar-refractivity contribution is -0.115. The van der Waals surface area contributed by atoms with Crippen LogP contribution in [0.2, 0.25) is 0 Å². The molecule has 1 aliphatic rings. The van der Waals surface area contributed by atoms with Crippen LogP contribution < -0.4 is 14.4 Å². The maximum atomic E-state index is 12.2. The normalized spacial score (nSPS) is 15.8. The first-order valence-corrected chi connectivity index (χ1v) is 9.62. The van der Waals surface area contributed by atoms with Gasteiger partial charge in [0.05, 0.1) is 25.0 Å². The van der Waals surface area contributed by atoms with Crippen molar-refractivity contribution in [2.24, 2.45) is 0 Å². The zero-order valence-corrected chi connectivity index (χ0v) is 14.8. The molecule has 6 nitrogen and oxygen atoms in total. The maximum absolute atomic E-state index is 12.2. The minimum absolute atomic E-state index is 0.161. The summed E-state index contributed by atoms with van der Waals surface area (Å²) in [5.74, 6) is 0.747. The Balaban J connectivity index is 1.68. The number of amides is 1. The number of anilines is 2. The molecular weight excluding hydrogens is 340 g/mol. The molecule has 0 bridgehead atoms. The van der Waals surface area contributed by atoms with Gasteiger partial charge < -0.3 is 10.1 Å². The van der Waals surface area contributed by atoms with Gasteiger partial charge in [0.1, 0.15) is 5.75 Å². The second kappa shape index (κ2) is 7.14. The summed E-state index contributed by atoms with van der Waals surface area (Å²) in [4.78, 5) is 12.2. The average Bonchev–Trinajstić information content (AvgIpc) is 2.95. The summed E-state index contributed by atoms with van der Waals surface area (Å²) in [6, 6.07) is 14.2. The Morgan fingerprint density at radius 2 is 1.96 bits per heavy atom. The van der Waals surface area contributed by atoms with Crippen LogP contribution in [0.15, 0.2) is 48.5 Å². The first kappa shape index (κ1) is 17.3. The van der Waals surface area contributed by atoms with Gasteiger partial charge in [-0.2, -0.15) is 0 Å². The molecular formula is C18H20N2O4S. The minimum Gasteiger partial charge on any atom is -0.497 e. The number of methoxy groups -OCH3 is 1. The van der Waals surface area contributed by atoms with Crippen molar-refractivity contribution >= 4 is 27.3 Å². The van der Waals surface area contributed by atoms with Gasteiger partial charge in [-0.15, -0.1) is 0 Å². The molecule has 2 aromatic carbocycles. The lowest BCUT2D eigenvalue weighted by Crippen LogP contribution is -2.25. The lowest BCUT2D eigenvalue weighted by atomic mass is 10.1. The largest absolute Gasteiger partial charge is 0.497 e. The van der Waals surface area contributed by atoms with Gasteiger partial charge in [-0.25, -0.2) is 8.42 Å². The number of sulfonamides is 1. The van der Waals surface area contributed by atoms with E-state index in [-0.39, 0.29) is 18.1 Å². The van der Waals surface area contributed by atoms with E-state index >= 15 is 0 Å². The van der Waals surface area contributed by atoms with Gasteiger partial charge in [0.2, 0.25) is 15.9 Å². The molecule has 1 N–H and O–H groups in total. The molecule has 1 amide bonds. The third kappa shape index (κ3) is 4.11. The van der Waals surface area contributed by atoms with Crippen LogP contribution in [0, 0.1) is 0 Å². The monoisotopic (exact) mass is 360 g/mol. The summed E-state index contributed by atoms with van der Waals surface area (Å²) in [7, 11) is -1.64. The van der Waals surface area contributed by atoms with Crippen LogP contribution in [0.3, 0.4) is 0 Å². The first-order chi connectivity index (χ1) is 12.0. The van der Waals surface area contributed by atoms with E-state index in [9.17, 15) is 13.2 Å². The number of nitrogens with one attached hydrogen (secondary N) is 1. The molecule has 0 unspecified atom stereocenters. The number of carbonyl (C=O) groups is 1. The highest BCUT2D eigenvalue weighted by Gasteiger charge is 2.28. The minimum atomic E-state index is -3.23. The summed E-state index contributed by atoms with van der Waals surface area (Å²) in [6.45, 7) is 0.478. The van der Waals surface area contributed by atoms with Gasteiger partial charge in [-0.3, -0.25) is 9.10 Å². The van der Waals surface area contributed by atoms with Gasteiger partial charge in [0.15, 0.2) is 0 Å². The van der Waals surface area contributed by atoms with Crippen molar-refractivity contribution in [3.63, 3.8) is 0 Å². The van der Waals surface area contributed by atoms with Crippen LogP contribution in [0.4, 0.5) is 11.4 Å². The molecule has 3 rings (SSSR count). The maximum Gasteiger partial charge on any atom is 0.235 e. The van der Waals surface area contributed by atoms with Crippen molar-refractivity contribution in [2.75, 3.05) is 29.0 Å². The summed E-state index contributed by atoms with van der Waals surface area (Å²) in [5, 5.41) is 2.82. The Hall–Kier alpha value is -2.54. The second-order valence-electron chi connectivity index (χ2n) is 5.87. The average molecular weight is 360 g/mol. The molecule has 0 radical (unpaired) electrons. The molecule has 2 aromatic rings. The molecule has 1 aliphatic heterocycles. The third-order valence-electron chi connectivity index (χ3n) is 4.04. The summed E-state index contributed by atoms with van der Waals surface area (Å²) in [6.07, 6.45) is 0.854. The number of nitrogens with zero attached hydrogens (tertiary/aromatic N) is 1. The highest BCUT2D eigenvalue weighted by molar-refractivity contribution is 7.93. The summed E-state index contributed by atoms with van der Waals surface area (Å²) in [5.41, 5.74) is 2.04. The van der Waals surface area contributed by atoms with E-state index in [1.807, 2.05) is 24.3 Å². The van der Waals surface area contributed by atoms with Crippen LogP contribution in [0.25, 0.3) is 0 Å². The molecule has 0 saturated carbocycles. The fraction of sp³-hybridized carbons (Fsp3) is 0.278. The van der Waals surface area contributed by atoms with Crippen molar-refractivity contribution in [3.05, 3.63) is 54.1 Å².